The molecule has 0 aliphatic heterocycles. The van der Waals surface area contributed by atoms with Crippen LogP contribution >= 0.6 is 23.4 Å². The lowest BCUT2D eigenvalue weighted by Crippen LogP contribution is -2.41. The van der Waals surface area contributed by atoms with Crippen molar-refractivity contribution in [3.63, 3.8) is 0 Å². The summed E-state index contributed by atoms with van der Waals surface area (Å²) >= 11 is 7.44. The number of carbonyl (C=O) groups is 1. The summed E-state index contributed by atoms with van der Waals surface area (Å²) in [5.41, 5.74) is 0.741. The Kier molecular flexibility index (Phi) is 8.73. The van der Waals surface area contributed by atoms with E-state index in [4.69, 9.17) is 16.3 Å². The van der Waals surface area contributed by atoms with Crippen molar-refractivity contribution in [1.82, 2.24) is 24.8 Å². The van der Waals surface area contributed by atoms with Crippen LogP contribution in [0.3, 0.4) is 0 Å². The van der Waals surface area contributed by atoms with Gasteiger partial charge in [0.05, 0.1) is 13.7 Å². The van der Waals surface area contributed by atoms with E-state index in [1.54, 1.807) is 25.1 Å². The fourth-order valence-corrected chi connectivity index (χ4v) is 5.44. The van der Waals surface area contributed by atoms with Crippen molar-refractivity contribution in [1.29, 1.82) is 0 Å². The first-order chi connectivity index (χ1) is 15.8. The second-order valence-electron chi connectivity index (χ2n) is 6.96. The molecular formula is C21H24ClN5O4S2. The molecule has 3 aromatic rings. The van der Waals surface area contributed by atoms with Crippen LogP contribution in [0.2, 0.25) is 5.02 Å². The number of aryl methyl sites for hydroxylation is 1. The van der Waals surface area contributed by atoms with Gasteiger partial charge in [0.2, 0.25) is 21.1 Å². The van der Waals surface area contributed by atoms with Crippen molar-refractivity contribution in [2.24, 2.45) is 0 Å². The molecule has 0 saturated heterocycles. The van der Waals surface area contributed by atoms with Gasteiger partial charge in [0.1, 0.15) is 16.5 Å². The molecule has 1 heterocycles. The molecule has 0 radical (unpaired) electrons. The first-order valence-corrected chi connectivity index (χ1v) is 12.8. The molecule has 12 heteroatoms. The molecule has 3 rings (SSSR count). The molecule has 2 N–H and O–H groups in total. The minimum absolute atomic E-state index is 0.0114. The highest BCUT2D eigenvalue weighted by Gasteiger charge is 2.30. The summed E-state index contributed by atoms with van der Waals surface area (Å²) in [7, 11) is -2.72. The third-order valence-electron chi connectivity index (χ3n) is 4.50. The summed E-state index contributed by atoms with van der Waals surface area (Å²) < 4.78 is 33.4. The third-order valence-corrected chi connectivity index (χ3v) is 7.39. The second-order valence-corrected chi connectivity index (χ2v) is 10.4. The molecule has 0 aliphatic carbocycles. The zero-order chi connectivity index (χ0) is 23.8. The van der Waals surface area contributed by atoms with Gasteiger partial charge in [-0.1, -0.05) is 53.7 Å². The summed E-state index contributed by atoms with van der Waals surface area (Å²) in [6.07, 6.45) is 0. The van der Waals surface area contributed by atoms with Gasteiger partial charge in [-0.3, -0.25) is 9.89 Å². The standard InChI is InChI=1S/C21H24ClN5O4S2/c1-15-24-21(26-25-15)32-11-10-23-20(28)14-27(13-16-6-4-3-5-7-16)33(29,30)19-12-17(22)8-9-18(19)31-2/h3-9,12H,10-11,13-14H2,1-2H3,(H,23,28)(H,24,25,26). The van der Waals surface area contributed by atoms with Crippen molar-refractivity contribution in [2.45, 2.75) is 23.5 Å². The first-order valence-electron chi connectivity index (χ1n) is 9.95. The van der Waals surface area contributed by atoms with Gasteiger partial charge in [0.25, 0.3) is 0 Å². The molecule has 0 bridgehead atoms. The normalized spacial score (nSPS) is 11.5. The first kappa shape index (κ1) is 25.0. The van der Waals surface area contributed by atoms with E-state index in [-0.39, 0.29) is 28.8 Å². The fraction of sp³-hybridized carbons (Fsp3) is 0.286. The minimum Gasteiger partial charge on any atom is -0.495 e. The van der Waals surface area contributed by atoms with Crippen LogP contribution < -0.4 is 10.1 Å². The number of thioether (sulfide) groups is 1. The van der Waals surface area contributed by atoms with Crippen LogP contribution in [-0.4, -0.2) is 59.8 Å². The molecule has 9 nitrogen and oxygen atoms in total. The number of nitrogens with zero attached hydrogens (tertiary/aromatic N) is 3. The number of hydrogen-bond donors (Lipinski definition) is 2. The minimum atomic E-state index is -4.10. The van der Waals surface area contributed by atoms with Crippen molar-refractivity contribution in [3.8, 4) is 5.75 Å². The molecule has 0 aliphatic rings. The Labute approximate surface area is 201 Å². The number of aromatic nitrogens is 3. The Morgan fingerprint density at radius 3 is 2.67 bits per heavy atom. The highest BCUT2D eigenvalue weighted by atomic mass is 35.5. The number of carbonyl (C=O) groups excluding carboxylic acids is 1. The van der Waals surface area contributed by atoms with E-state index >= 15 is 0 Å². The quantitative estimate of drug-likeness (QED) is 0.301. The predicted octanol–water partition coefficient (Wildman–Crippen LogP) is 2.87. The molecular weight excluding hydrogens is 486 g/mol. The molecule has 33 heavy (non-hydrogen) atoms. The Hall–Kier alpha value is -2.60. The number of rotatable bonds is 11. The summed E-state index contributed by atoms with van der Waals surface area (Å²) in [6.45, 7) is 1.78. The SMILES string of the molecule is COc1ccc(Cl)cc1S(=O)(=O)N(CC(=O)NCCSc1n[nH]c(C)n1)Cc1ccccc1. The molecule has 0 unspecified atom stereocenters. The number of halogens is 1. The van der Waals surface area contributed by atoms with Gasteiger partial charge in [-0.15, -0.1) is 5.10 Å². The van der Waals surface area contributed by atoms with Crippen LogP contribution in [0.5, 0.6) is 5.75 Å². The van der Waals surface area contributed by atoms with Gasteiger partial charge < -0.3 is 10.1 Å². The highest BCUT2D eigenvalue weighted by molar-refractivity contribution is 7.99. The topological polar surface area (TPSA) is 117 Å². The maximum Gasteiger partial charge on any atom is 0.247 e. The van der Waals surface area contributed by atoms with E-state index < -0.39 is 15.9 Å². The summed E-state index contributed by atoms with van der Waals surface area (Å²) in [5.74, 6) is 0.967. The third kappa shape index (κ3) is 6.94. The molecule has 2 aromatic carbocycles. The number of nitrogens with one attached hydrogen (secondary N) is 2. The van der Waals surface area contributed by atoms with Gasteiger partial charge in [-0.2, -0.15) is 4.31 Å². The number of sulfonamides is 1. The van der Waals surface area contributed by atoms with Gasteiger partial charge >= 0.3 is 0 Å². The lowest BCUT2D eigenvalue weighted by atomic mass is 10.2. The van der Waals surface area contributed by atoms with Gasteiger partial charge in [0.15, 0.2) is 0 Å². The number of methoxy groups -OCH3 is 1. The molecule has 1 amide bonds. The monoisotopic (exact) mass is 509 g/mol. The summed E-state index contributed by atoms with van der Waals surface area (Å²) in [6, 6.07) is 13.4. The van der Waals surface area contributed by atoms with Crippen LogP contribution in [0, 0.1) is 6.92 Å². The predicted molar refractivity (Wildman–Crippen MR) is 127 cm³/mol. The number of ether oxygens (including phenoxy) is 1. The van der Waals surface area contributed by atoms with Crippen molar-refractivity contribution in [2.75, 3.05) is 26.0 Å². The van der Waals surface area contributed by atoms with E-state index in [1.807, 2.05) is 18.2 Å². The molecule has 176 valence electrons. The smallest absolute Gasteiger partial charge is 0.247 e. The zero-order valence-corrected chi connectivity index (χ0v) is 20.5. The number of hydrogen-bond acceptors (Lipinski definition) is 7. The van der Waals surface area contributed by atoms with Crippen LogP contribution in [0.1, 0.15) is 11.4 Å². The maximum atomic E-state index is 13.5. The van der Waals surface area contributed by atoms with E-state index in [2.05, 4.69) is 20.5 Å². The number of benzene rings is 2. The lowest BCUT2D eigenvalue weighted by Gasteiger charge is -2.23. The van der Waals surface area contributed by atoms with Crippen LogP contribution in [-0.2, 0) is 21.4 Å². The van der Waals surface area contributed by atoms with Gasteiger partial charge in [-0.25, -0.2) is 13.4 Å². The number of H-pyrrole nitrogens is 1. The Morgan fingerprint density at radius 2 is 2.00 bits per heavy atom. The van der Waals surface area contributed by atoms with Crippen molar-refractivity contribution in [3.05, 3.63) is 64.9 Å². The fourth-order valence-electron chi connectivity index (χ4n) is 2.94. The second kappa shape index (κ2) is 11.5. The van der Waals surface area contributed by atoms with E-state index in [9.17, 15) is 13.2 Å². The average Bonchev–Trinajstić information content (AvgIpc) is 3.22. The Morgan fingerprint density at radius 1 is 1.24 bits per heavy atom. The molecule has 0 spiro atoms. The molecule has 0 atom stereocenters. The van der Waals surface area contributed by atoms with Crippen LogP contribution in [0.4, 0.5) is 0 Å². The Balaban J connectivity index is 1.73. The van der Waals surface area contributed by atoms with Gasteiger partial charge in [0, 0.05) is 23.9 Å². The molecule has 0 fully saturated rings. The van der Waals surface area contributed by atoms with Gasteiger partial charge in [-0.05, 0) is 30.7 Å². The molecule has 1 aromatic heterocycles. The maximum absolute atomic E-state index is 13.5. The van der Waals surface area contributed by atoms with E-state index in [0.29, 0.717) is 23.3 Å². The summed E-state index contributed by atoms with van der Waals surface area (Å²) in [4.78, 5) is 16.7. The lowest BCUT2D eigenvalue weighted by molar-refractivity contribution is -0.121. The molecule has 0 saturated carbocycles. The van der Waals surface area contributed by atoms with Crippen LogP contribution in [0.15, 0.2) is 58.6 Å². The van der Waals surface area contributed by atoms with E-state index in [0.717, 1.165) is 9.87 Å². The van der Waals surface area contributed by atoms with Crippen LogP contribution in [0.25, 0.3) is 0 Å². The van der Waals surface area contributed by atoms with E-state index in [1.165, 1.54) is 31.0 Å². The van der Waals surface area contributed by atoms with Crippen molar-refractivity contribution < 1.29 is 17.9 Å². The van der Waals surface area contributed by atoms with Crippen molar-refractivity contribution >= 4 is 39.3 Å². The number of amides is 1. The number of aromatic amines is 1. The average molecular weight is 510 g/mol. The summed E-state index contributed by atoms with van der Waals surface area (Å²) in [5, 5.41) is 10.4. The largest absolute Gasteiger partial charge is 0.495 e. The Bertz CT molecular complexity index is 1190. The zero-order valence-electron chi connectivity index (χ0n) is 18.1. The highest BCUT2D eigenvalue weighted by Crippen LogP contribution is 2.30.